The summed E-state index contributed by atoms with van der Waals surface area (Å²) in [4.78, 5) is 52.5. The molecule has 2 fully saturated rings. The highest BCUT2D eigenvalue weighted by Gasteiger charge is 2.60. The van der Waals surface area contributed by atoms with Crippen molar-refractivity contribution in [2.45, 2.75) is 26.7 Å². The van der Waals surface area contributed by atoms with Crippen LogP contribution in [0.3, 0.4) is 0 Å². The second kappa shape index (κ2) is 9.07. The first-order valence-corrected chi connectivity index (χ1v) is 12.5. The van der Waals surface area contributed by atoms with Crippen LogP contribution < -0.4 is 10.2 Å². The topological polar surface area (TPSA) is 92.8 Å². The van der Waals surface area contributed by atoms with Crippen LogP contribution in [0.15, 0.2) is 58.6 Å². The van der Waals surface area contributed by atoms with Gasteiger partial charge in [0.25, 0.3) is 5.91 Å². The van der Waals surface area contributed by atoms with Crippen molar-refractivity contribution in [3.63, 3.8) is 0 Å². The number of hydrogen-bond donors (Lipinski definition) is 1. The molecule has 1 heterocycles. The van der Waals surface area contributed by atoms with Crippen molar-refractivity contribution in [2.75, 3.05) is 16.8 Å². The smallest absolute Gasteiger partial charge is 0.338 e. The molecule has 1 saturated carbocycles. The Kier molecular flexibility index (Phi) is 6.09. The molecule has 0 aromatic heterocycles. The summed E-state index contributed by atoms with van der Waals surface area (Å²) >= 11 is 3.41. The van der Waals surface area contributed by atoms with E-state index in [-0.39, 0.29) is 41.0 Å². The standard InChI is InChI=1S/C27H25BrN2O5/c1-3-15-10-18(28)7-8-21(15)29-22(31)13-35-27(34)16-5-4-6-19(11-16)30-25(32)23-17-9-14(2)20(12-17)24(23)26(30)33/h4-11,17,20,23-24H,3,12-13H2,1-2H3,(H,29,31)/t17-,20+,23-,24-/m0/s1. The fourth-order valence-corrected chi connectivity index (χ4v) is 6.09. The molecule has 8 heteroatoms. The molecule has 5 rings (SSSR count). The summed E-state index contributed by atoms with van der Waals surface area (Å²) in [7, 11) is 0. The molecule has 2 bridgehead atoms. The third kappa shape index (κ3) is 4.10. The van der Waals surface area contributed by atoms with Gasteiger partial charge in [0.1, 0.15) is 0 Å². The molecule has 0 radical (unpaired) electrons. The van der Waals surface area contributed by atoms with Gasteiger partial charge in [0.05, 0.1) is 23.1 Å². The van der Waals surface area contributed by atoms with E-state index in [4.69, 9.17) is 4.74 Å². The average molecular weight is 537 g/mol. The number of hydrogen-bond acceptors (Lipinski definition) is 5. The average Bonchev–Trinajstić information content (AvgIpc) is 3.48. The van der Waals surface area contributed by atoms with Crippen LogP contribution in [0.25, 0.3) is 0 Å². The molecular weight excluding hydrogens is 512 g/mol. The van der Waals surface area contributed by atoms with E-state index in [1.54, 1.807) is 18.2 Å². The molecule has 2 aliphatic carbocycles. The van der Waals surface area contributed by atoms with E-state index >= 15 is 0 Å². The number of aryl methyl sites for hydroxylation is 1. The maximum atomic E-state index is 13.2. The molecule has 180 valence electrons. The van der Waals surface area contributed by atoms with Crippen LogP contribution in [0.5, 0.6) is 0 Å². The predicted octanol–water partition coefficient (Wildman–Crippen LogP) is 4.51. The Labute approximate surface area is 211 Å². The van der Waals surface area contributed by atoms with Crippen molar-refractivity contribution in [3.8, 4) is 0 Å². The second-order valence-corrected chi connectivity index (χ2v) is 10.2. The number of nitrogens with zero attached hydrogens (tertiary/aromatic N) is 1. The molecule has 3 amide bonds. The summed E-state index contributed by atoms with van der Waals surface area (Å²) < 4.78 is 6.12. The highest BCUT2D eigenvalue weighted by Crippen LogP contribution is 2.55. The van der Waals surface area contributed by atoms with Crippen LogP contribution in [0.4, 0.5) is 11.4 Å². The zero-order chi connectivity index (χ0) is 24.9. The fourth-order valence-electron chi connectivity index (χ4n) is 5.68. The van der Waals surface area contributed by atoms with Crippen molar-refractivity contribution >= 4 is 51.0 Å². The Morgan fingerprint density at radius 1 is 1.11 bits per heavy atom. The number of nitrogens with one attached hydrogen (secondary N) is 1. The quantitative estimate of drug-likeness (QED) is 0.333. The fraction of sp³-hybridized carbons (Fsp3) is 0.333. The summed E-state index contributed by atoms with van der Waals surface area (Å²) in [5, 5.41) is 2.76. The van der Waals surface area contributed by atoms with E-state index < -0.39 is 18.5 Å². The molecule has 0 spiro atoms. The van der Waals surface area contributed by atoms with E-state index in [1.165, 1.54) is 22.6 Å². The minimum absolute atomic E-state index is 0.108. The molecule has 7 nitrogen and oxygen atoms in total. The molecule has 1 saturated heterocycles. The first-order valence-electron chi connectivity index (χ1n) is 11.7. The van der Waals surface area contributed by atoms with Crippen molar-refractivity contribution in [2.24, 2.45) is 23.7 Å². The second-order valence-electron chi connectivity index (χ2n) is 9.31. The number of rotatable bonds is 6. The summed E-state index contributed by atoms with van der Waals surface area (Å²) in [5.74, 6) is -1.97. The highest BCUT2D eigenvalue weighted by atomic mass is 79.9. The van der Waals surface area contributed by atoms with Crippen LogP contribution in [0.1, 0.15) is 36.2 Å². The number of benzene rings is 2. The lowest BCUT2D eigenvalue weighted by molar-refractivity contribution is -0.123. The molecular formula is C27H25BrN2O5. The van der Waals surface area contributed by atoms with Gasteiger partial charge in [-0.15, -0.1) is 0 Å². The molecule has 2 aromatic carbocycles. The van der Waals surface area contributed by atoms with E-state index in [0.29, 0.717) is 11.4 Å². The Morgan fingerprint density at radius 2 is 1.89 bits per heavy atom. The van der Waals surface area contributed by atoms with Crippen molar-refractivity contribution < 1.29 is 23.9 Å². The molecule has 3 aliphatic rings. The molecule has 2 aromatic rings. The van der Waals surface area contributed by atoms with Gasteiger partial charge in [0.2, 0.25) is 11.8 Å². The van der Waals surface area contributed by atoms with Gasteiger partial charge in [-0.1, -0.05) is 40.6 Å². The van der Waals surface area contributed by atoms with Crippen LogP contribution in [-0.4, -0.2) is 30.3 Å². The lowest BCUT2D eigenvalue weighted by atomic mass is 9.82. The monoisotopic (exact) mass is 536 g/mol. The number of amides is 3. The number of carbonyl (C=O) groups excluding carboxylic acids is 4. The zero-order valence-electron chi connectivity index (χ0n) is 19.4. The van der Waals surface area contributed by atoms with Crippen molar-refractivity contribution in [1.29, 1.82) is 0 Å². The van der Waals surface area contributed by atoms with Gasteiger partial charge in [-0.05, 0) is 73.6 Å². The SMILES string of the molecule is CCc1cc(Br)ccc1NC(=O)COC(=O)c1cccc(N2C(=O)[C@@H]3[C@@H](C2=O)[C@H]2C=C(C)[C@H]3C2)c1. The van der Waals surface area contributed by atoms with E-state index in [2.05, 4.69) is 27.3 Å². The summed E-state index contributed by atoms with van der Waals surface area (Å²) in [6.07, 6.45) is 3.71. The van der Waals surface area contributed by atoms with Gasteiger partial charge in [-0.3, -0.25) is 14.4 Å². The number of anilines is 2. The molecule has 0 unspecified atom stereocenters. The maximum Gasteiger partial charge on any atom is 0.338 e. The van der Waals surface area contributed by atoms with Gasteiger partial charge in [0.15, 0.2) is 6.61 Å². The molecule has 35 heavy (non-hydrogen) atoms. The number of carbonyl (C=O) groups is 4. The van der Waals surface area contributed by atoms with Crippen molar-refractivity contribution in [1.82, 2.24) is 0 Å². The first kappa shape index (κ1) is 23.5. The Morgan fingerprint density at radius 3 is 2.66 bits per heavy atom. The predicted molar refractivity (Wildman–Crippen MR) is 134 cm³/mol. The van der Waals surface area contributed by atoms with Gasteiger partial charge in [0, 0.05) is 10.2 Å². The number of ether oxygens (including phenoxy) is 1. The largest absolute Gasteiger partial charge is 0.452 e. The van der Waals surface area contributed by atoms with E-state index in [0.717, 1.165) is 22.9 Å². The van der Waals surface area contributed by atoms with Crippen LogP contribution in [0, 0.1) is 23.7 Å². The third-order valence-electron chi connectivity index (χ3n) is 7.28. The summed E-state index contributed by atoms with van der Waals surface area (Å²) in [6, 6.07) is 11.8. The number of allylic oxidation sites excluding steroid dienone is 2. The lowest BCUT2D eigenvalue weighted by Crippen LogP contribution is -2.33. The first-order chi connectivity index (χ1) is 16.8. The number of halogens is 1. The highest BCUT2D eigenvalue weighted by molar-refractivity contribution is 9.10. The Balaban J connectivity index is 1.25. The van der Waals surface area contributed by atoms with Crippen LogP contribution in [0.2, 0.25) is 0 Å². The lowest BCUT2D eigenvalue weighted by Gasteiger charge is -2.19. The number of esters is 1. The summed E-state index contributed by atoms with van der Waals surface area (Å²) in [6.45, 7) is 3.55. The van der Waals surface area contributed by atoms with Gasteiger partial charge >= 0.3 is 5.97 Å². The van der Waals surface area contributed by atoms with Crippen molar-refractivity contribution in [3.05, 3.63) is 69.7 Å². The minimum atomic E-state index is -0.703. The van der Waals surface area contributed by atoms with Crippen LogP contribution >= 0.6 is 15.9 Å². The number of imide groups is 1. The van der Waals surface area contributed by atoms with Crippen LogP contribution in [-0.2, 0) is 25.5 Å². The molecule has 1 aliphatic heterocycles. The van der Waals surface area contributed by atoms with Gasteiger partial charge < -0.3 is 10.1 Å². The normalized spacial score (nSPS) is 24.4. The summed E-state index contributed by atoms with van der Waals surface area (Å²) in [5.41, 5.74) is 3.32. The van der Waals surface area contributed by atoms with Gasteiger partial charge in [-0.25, -0.2) is 9.69 Å². The van der Waals surface area contributed by atoms with E-state index in [9.17, 15) is 19.2 Å². The maximum absolute atomic E-state index is 13.2. The Hall–Kier alpha value is -3.26. The van der Waals surface area contributed by atoms with E-state index in [1.807, 2.05) is 26.0 Å². The number of fused-ring (bicyclic) bond motifs is 5. The molecule has 1 N–H and O–H groups in total. The molecule has 4 atom stereocenters. The Bertz CT molecular complexity index is 1290. The minimum Gasteiger partial charge on any atom is -0.452 e. The third-order valence-corrected chi connectivity index (χ3v) is 7.77. The zero-order valence-corrected chi connectivity index (χ0v) is 21.0. The van der Waals surface area contributed by atoms with Gasteiger partial charge in [-0.2, -0.15) is 0 Å².